The average Bonchev–Trinajstić information content (AvgIpc) is 2.94. The molecule has 1 aromatic carbocycles. The van der Waals surface area contributed by atoms with E-state index in [1.807, 2.05) is 25.2 Å². The quantitative estimate of drug-likeness (QED) is 0.901. The van der Waals surface area contributed by atoms with Crippen molar-refractivity contribution in [3.63, 3.8) is 0 Å². The number of fused-ring (bicyclic) bond motifs is 1. The van der Waals surface area contributed by atoms with E-state index in [0.29, 0.717) is 13.2 Å². The van der Waals surface area contributed by atoms with Crippen LogP contribution >= 0.6 is 11.3 Å². The molecule has 0 spiro atoms. The number of hydrogen-bond acceptors (Lipinski definition) is 4. The summed E-state index contributed by atoms with van der Waals surface area (Å²) in [5, 5.41) is 5.82. The van der Waals surface area contributed by atoms with E-state index in [1.165, 1.54) is 21.6 Å². The molecule has 2 aromatic rings. The normalized spacial score (nSPS) is 17.1. The number of benzene rings is 1. The summed E-state index contributed by atoms with van der Waals surface area (Å²) in [4.78, 5) is 1.40. The minimum absolute atomic E-state index is 0.263. The van der Waals surface area contributed by atoms with Crippen molar-refractivity contribution in [2.45, 2.75) is 33.2 Å². The molecule has 0 saturated carbocycles. The number of nitrogens with one attached hydrogen (secondary N) is 1. The Morgan fingerprint density at radius 2 is 1.91 bits per heavy atom. The van der Waals surface area contributed by atoms with Gasteiger partial charge in [0.25, 0.3) is 0 Å². The highest BCUT2D eigenvalue weighted by Gasteiger charge is 2.25. The van der Waals surface area contributed by atoms with Crippen molar-refractivity contribution in [2.24, 2.45) is 0 Å². The molecule has 0 saturated heterocycles. The van der Waals surface area contributed by atoms with Gasteiger partial charge in [0.1, 0.15) is 0 Å². The van der Waals surface area contributed by atoms with Crippen LogP contribution in [0.5, 0.6) is 11.5 Å². The molecule has 1 aliphatic heterocycles. The molecule has 4 heteroatoms. The first-order valence-electron chi connectivity index (χ1n) is 7.94. The lowest BCUT2D eigenvalue weighted by Gasteiger charge is -2.28. The Kier molecular flexibility index (Phi) is 4.69. The summed E-state index contributed by atoms with van der Waals surface area (Å²) in [6.07, 6.45) is 1.03. The summed E-state index contributed by atoms with van der Waals surface area (Å²) >= 11 is 1.82. The largest absolute Gasteiger partial charge is 0.490 e. The van der Waals surface area contributed by atoms with E-state index < -0.39 is 0 Å². The topological polar surface area (TPSA) is 30.5 Å². The van der Waals surface area contributed by atoms with E-state index in [0.717, 1.165) is 24.5 Å². The second-order valence-corrected chi connectivity index (χ2v) is 6.42. The molecule has 1 aliphatic rings. The van der Waals surface area contributed by atoms with Gasteiger partial charge in [-0.1, -0.05) is 0 Å². The smallest absolute Gasteiger partial charge is 0.161 e. The van der Waals surface area contributed by atoms with Crippen molar-refractivity contribution < 1.29 is 9.47 Å². The van der Waals surface area contributed by atoms with Crippen LogP contribution < -0.4 is 14.8 Å². The summed E-state index contributed by atoms with van der Waals surface area (Å²) in [5.41, 5.74) is 4.04. The van der Waals surface area contributed by atoms with Gasteiger partial charge in [-0.25, -0.2) is 0 Å². The second-order valence-electron chi connectivity index (χ2n) is 5.47. The minimum Gasteiger partial charge on any atom is -0.490 e. The van der Waals surface area contributed by atoms with Gasteiger partial charge in [-0.05, 0) is 67.5 Å². The molecule has 0 bridgehead atoms. The van der Waals surface area contributed by atoms with Gasteiger partial charge in [0.15, 0.2) is 11.5 Å². The maximum atomic E-state index is 5.80. The molecule has 1 aromatic heterocycles. The summed E-state index contributed by atoms with van der Waals surface area (Å²) in [6, 6.07) is 6.78. The zero-order valence-electron chi connectivity index (χ0n) is 13.4. The minimum atomic E-state index is 0.263. The Morgan fingerprint density at radius 3 is 2.55 bits per heavy atom. The zero-order valence-corrected chi connectivity index (χ0v) is 14.3. The molecule has 0 aliphatic carbocycles. The third-order valence-corrected chi connectivity index (χ3v) is 5.11. The Hall–Kier alpha value is -1.52. The predicted molar refractivity (Wildman–Crippen MR) is 91.4 cm³/mol. The van der Waals surface area contributed by atoms with Crippen molar-refractivity contribution in [3.05, 3.63) is 45.1 Å². The van der Waals surface area contributed by atoms with Crippen LogP contribution in [0, 0.1) is 6.92 Å². The fourth-order valence-corrected chi connectivity index (χ4v) is 4.03. The number of ether oxygens (including phenoxy) is 2. The lowest BCUT2D eigenvalue weighted by Crippen LogP contribution is -2.30. The highest BCUT2D eigenvalue weighted by molar-refractivity contribution is 7.10. The molecule has 3 nitrogen and oxygen atoms in total. The predicted octanol–water partition coefficient (Wildman–Crippen LogP) is 4.09. The Bertz CT molecular complexity index is 651. The van der Waals surface area contributed by atoms with E-state index >= 15 is 0 Å². The van der Waals surface area contributed by atoms with Gasteiger partial charge in [0, 0.05) is 11.4 Å². The lowest BCUT2D eigenvalue weighted by molar-refractivity contribution is 0.286. The van der Waals surface area contributed by atoms with E-state index in [1.54, 1.807) is 0 Å². The van der Waals surface area contributed by atoms with Gasteiger partial charge in [0.2, 0.25) is 0 Å². The fourth-order valence-electron chi connectivity index (χ4n) is 3.01. The van der Waals surface area contributed by atoms with Crippen molar-refractivity contribution in [2.75, 3.05) is 19.8 Å². The molecular weight excluding hydrogens is 294 g/mol. The average molecular weight is 317 g/mol. The van der Waals surface area contributed by atoms with Gasteiger partial charge >= 0.3 is 0 Å². The monoisotopic (exact) mass is 317 g/mol. The van der Waals surface area contributed by atoms with Gasteiger partial charge in [-0.3, -0.25) is 0 Å². The van der Waals surface area contributed by atoms with Crippen LogP contribution in [-0.4, -0.2) is 19.8 Å². The molecule has 0 fully saturated rings. The Balaban J connectivity index is 2.05. The van der Waals surface area contributed by atoms with Crippen LogP contribution in [0.25, 0.3) is 0 Å². The summed E-state index contributed by atoms with van der Waals surface area (Å²) < 4.78 is 11.6. The van der Waals surface area contributed by atoms with Crippen molar-refractivity contribution in [3.8, 4) is 11.5 Å². The maximum absolute atomic E-state index is 5.80. The molecule has 3 rings (SSSR count). The first kappa shape index (κ1) is 15.4. The fraction of sp³-hybridized carbons (Fsp3) is 0.444. The number of rotatable bonds is 5. The van der Waals surface area contributed by atoms with Crippen molar-refractivity contribution in [1.82, 2.24) is 5.32 Å². The van der Waals surface area contributed by atoms with Crippen LogP contribution in [0.2, 0.25) is 0 Å². The zero-order chi connectivity index (χ0) is 15.5. The molecule has 2 heterocycles. The molecule has 0 amide bonds. The standard InChI is InChI=1S/C18H23NO2S/c1-4-20-15-10-13-6-8-19-17(18-12(3)7-9-22-18)14(13)11-16(15)21-5-2/h7,9-11,17,19H,4-6,8H2,1-3H3. The van der Waals surface area contributed by atoms with Crippen LogP contribution in [0.15, 0.2) is 23.6 Å². The van der Waals surface area contributed by atoms with Crippen LogP contribution in [-0.2, 0) is 6.42 Å². The molecule has 1 unspecified atom stereocenters. The first-order chi connectivity index (χ1) is 10.7. The summed E-state index contributed by atoms with van der Waals surface area (Å²) in [6.45, 7) is 8.50. The van der Waals surface area contributed by atoms with Gasteiger partial charge < -0.3 is 14.8 Å². The third kappa shape index (κ3) is 2.85. The van der Waals surface area contributed by atoms with Crippen LogP contribution in [0.4, 0.5) is 0 Å². The molecule has 1 atom stereocenters. The number of aryl methyl sites for hydroxylation is 1. The summed E-state index contributed by atoms with van der Waals surface area (Å²) in [7, 11) is 0. The SMILES string of the molecule is CCOc1cc2c(cc1OCC)C(c1sccc1C)NCC2. The molecule has 1 N–H and O–H groups in total. The highest BCUT2D eigenvalue weighted by atomic mass is 32.1. The van der Waals surface area contributed by atoms with E-state index in [2.05, 4.69) is 35.8 Å². The van der Waals surface area contributed by atoms with Gasteiger partial charge in [0.05, 0.1) is 19.3 Å². The van der Waals surface area contributed by atoms with Crippen LogP contribution in [0.1, 0.15) is 41.5 Å². The lowest BCUT2D eigenvalue weighted by atomic mass is 9.91. The molecule has 118 valence electrons. The Morgan fingerprint density at radius 1 is 1.18 bits per heavy atom. The molecule has 0 radical (unpaired) electrons. The first-order valence-corrected chi connectivity index (χ1v) is 8.82. The van der Waals surface area contributed by atoms with E-state index in [9.17, 15) is 0 Å². The van der Waals surface area contributed by atoms with Gasteiger partial charge in [-0.15, -0.1) is 11.3 Å². The van der Waals surface area contributed by atoms with E-state index in [-0.39, 0.29) is 6.04 Å². The van der Waals surface area contributed by atoms with Crippen molar-refractivity contribution >= 4 is 11.3 Å². The maximum Gasteiger partial charge on any atom is 0.161 e. The number of thiophene rings is 1. The Labute approximate surface area is 136 Å². The third-order valence-electron chi connectivity index (χ3n) is 4.02. The van der Waals surface area contributed by atoms with Crippen molar-refractivity contribution in [1.29, 1.82) is 0 Å². The molecular formula is C18H23NO2S. The highest BCUT2D eigenvalue weighted by Crippen LogP contribution is 2.39. The van der Waals surface area contributed by atoms with E-state index in [4.69, 9.17) is 9.47 Å². The molecule has 22 heavy (non-hydrogen) atoms. The summed E-state index contributed by atoms with van der Waals surface area (Å²) in [5.74, 6) is 1.72. The second kappa shape index (κ2) is 6.71. The van der Waals surface area contributed by atoms with Crippen LogP contribution in [0.3, 0.4) is 0 Å². The number of hydrogen-bond donors (Lipinski definition) is 1. The van der Waals surface area contributed by atoms with Gasteiger partial charge in [-0.2, -0.15) is 0 Å².